The number of carbonyl (C=O) groups is 1. The number of nitrogens with zero attached hydrogens (tertiary/aromatic N) is 8. The number of hydrogen-bond donors (Lipinski definition) is 2. The molecule has 39 heavy (non-hydrogen) atoms. The number of aliphatic carboxylic acids is 1. The van der Waals surface area contributed by atoms with Crippen LogP contribution in [0.25, 0.3) is 22.3 Å². The van der Waals surface area contributed by atoms with Gasteiger partial charge in [0.05, 0.1) is 23.5 Å². The van der Waals surface area contributed by atoms with E-state index in [1.807, 2.05) is 23.2 Å². The zero-order valence-electron chi connectivity index (χ0n) is 20.0. The van der Waals surface area contributed by atoms with Crippen LogP contribution in [0.5, 0.6) is 0 Å². The van der Waals surface area contributed by atoms with Crippen molar-refractivity contribution in [2.45, 2.75) is 18.6 Å². The first-order chi connectivity index (χ1) is 18.7. The van der Waals surface area contributed by atoms with Crippen molar-refractivity contribution in [2.24, 2.45) is 5.92 Å². The molecule has 0 aromatic carbocycles. The van der Waals surface area contributed by atoms with Gasteiger partial charge in [-0.05, 0) is 18.6 Å². The van der Waals surface area contributed by atoms with Gasteiger partial charge in [-0.15, -0.1) is 0 Å². The first kappa shape index (κ1) is 27.0. The van der Waals surface area contributed by atoms with Crippen LogP contribution in [-0.2, 0) is 4.79 Å². The van der Waals surface area contributed by atoms with Gasteiger partial charge in [-0.2, -0.15) is 28.8 Å². The molecule has 200 valence electrons. The van der Waals surface area contributed by atoms with Gasteiger partial charge < -0.3 is 15.0 Å². The number of fused-ring (bicyclic) bond motifs is 1. The second-order valence-corrected chi connectivity index (χ2v) is 8.47. The Morgan fingerprint density at radius 3 is 2.67 bits per heavy atom. The summed E-state index contributed by atoms with van der Waals surface area (Å²) in [5.41, 5.74) is 2.81. The van der Waals surface area contributed by atoms with Crippen LogP contribution in [0.15, 0.2) is 43.2 Å². The largest absolute Gasteiger partial charge is 0.490 e. The lowest BCUT2D eigenvalue weighted by Crippen LogP contribution is -2.27. The number of anilines is 1. The van der Waals surface area contributed by atoms with Gasteiger partial charge in [-0.3, -0.25) is 4.68 Å². The number of carboxylic acid groups (broad SMARTS) is 1. The SMILES string of the molecule is N#Cc1ccnc(N2CCC(C(CF)n3cc(-c4ncnc5[nH]ccc45)cn3)C2)c1C#N.O=C(O)C(F)(F)F. The lowest BCUT2D eigenvalue weighted by molar-refractivity contribution is -0.192. The minimum atomic E-state index is -5.08. The van der Waals surface area contributed by atoms with E-state index in [0.717, 1.165) is 28.7 Å². The molecule has 1 fully saturated rings. The molecule has 1 aliphatic heterocycles. The average molecular weight is 541 g/mol. The van der Waals surface area contributed by atoms with Crippen molar-refractivity contribution in [2.75, 3.05) is 24.7 Å². The third-order valence-electron chi connectivity index (χ3n) is 6.20. The van der Waals surface area contributed by atoms with Crippen molar-refractivity contribution >= 4 is 22.8 Å². The molecule has 2 unspecified atom stereocenters. The molecule has 0 spiro atoms. The summed E-state index contributed by atoms with van der Waals surface area (Å²) < 4.78 is 47.6. The monoisotopic (exact) mass is 541 g/mol. The molecule has 2 N–H and O–H groups in total. The molecular weight excluding hydrogens is 522 g/mol. The highest BCUT2D eigenvalue weighted by Gasteiger charge is 2.38. The lowest BCUT2D eigenvalue weighted by atomic mass is 10.00. The van der Waals surface area contributed by atoms with E-state index < -0.39 is 24.9 Å². The predicted molar refractivity (Wildman–Crippen MR) is 128 cm³/mol. The normalized spacial score (nSPS) is 15.7. The van der Waals surface area contributed by atoms with E-state index >= 15 is 0 Å². The molecule has 5 rings (SSSR count). The number of aromatic amines is 1. The molecule has 15 heteroatoms. The molecule has 4 aromatic heterocycles. The first-order valence-corrected chi connectivity index (χ1v) is 11.4. The van der Waals surface area contributed by atoms with Gasteiger partial charge in [0.2, 0.25) is 0 Å². The zero-order valence-corrected chi connectivity index (χ0v) is 20.0. The summed E-state index contributed by atoms with van der Waals surface area (Å²) >= 11 is 0. The molecule has 0 saturated carbocycles. The van der Waals surface area contributed by atoms with E-state index in [-0.39, 0.29) is 11.5 Å². The van der Waals surface area contributed by atoms with Crippen molar-refractivity contribution in [3.8, 4) is 23.4 Å². The Hall–Kier alpha value is -5.05. The summed E-state index contributed by atoms with van der Waals surface area (Å²) in [6, 6.07) is 7.09. The molecule has 11 nitrogen and oxygen atoms in total. The minimum Gasteiger partial charge on any atom is -0.475 e. The van der Waals surface area contributed by atoms with Crippen molar-refractivity contribution < 1.29 is 27.5 Å². The van der Waals surface area contributed by atoms with Crippen LogP contribution >= 0.6 is 0 Å². The summed E-state index contributed by atoms with van der Waals surface area (Å²) in [5, 5.41) is 31.2. The molecule has 5 heterocycles. The van der Waals surface area contributed by atoms with E-state index in [0.29, 0.717) is 24.5 Å². The maximum atomic E-state index is 14.2. The van der Waals surface area contributed by atoms with Gasteiger partial charge in [0.25, 0.3) is 0 Å². The number of alkyl halides is 4. The number of hydrogen-bond acceptors (Lipinski definition) is 8. The maximum Gasteiger partial charge on any atom is 0.490 e. The average Bonchev–Trinajstić information content (AvgIpc) is 3.69. The van der Waals surface area contributed by atoms with E-state index in [1.165, 1.54) is 18.6 Å². The molecule has 1 saturated heterocycles. The van der Waals surface area contributed by atoms with Gasteiger partial charge in [-0.1, -0.05) is 0 Å². The first-order valence-electron chi connectivity index (χ1n) is 11.4. The summed E-state index contributed by atoms with van der Waals surface area (Å²) in [6.45, 7) is 0.581. The Morgan fingerprint density at radius 1 is 1.23 bits per heavy atom. The van der Waals surface area contributed by atoms with Gasteiger partial charge in [0, 0.05) is 48.5 Å². The molecule has 0 radical (unpaired) electrons. The third-order valence-corrected chi connectivity index (χ3v) is 6.20. The Balaban J connectivity index is 0.000000448. The molecule has 4 aromatic rings. The second-order valence-electron chi connectivity index (χ2n) is 8.47. The van der Waals surface area contributed by atoms with E-state index in [9.17, 15) is 28.1 Å². The topological polar surface area (TPSA) is 160 Å². The number of pyridine rings is 1. The third kappa shape index (κ3) is 5.62. The fourth-order valence-electron chi connectivity index (χ4n) is 4.34. The van der Waals surface area contributed by atoms with Gasteiger partial charge in [0.15, 0.2) is 0 Å². The summed E-state index contributed by atoms with van der Waals surface area (Å²) in [5.74, 6) is -2.30. The van der Waals surface area contributed by atoms with E-state index in [4.69, 9.17) is 9.90 Å². The van der Waals surface area contributed by atoms with Crippen LogP contribution in [-0.4, -0.2) is 66.7 Å². The molecule has 1 aliphatic rings. The van der Waals surface area contributed by atoms with Crippen molar-refractivity contribution in [3.63, 3.8) is 0 Å². The number of carboxylic acids is 1. The molecule has 0 amide bonds. The van der Waals surface area contributed by atoms with Crippen LogP contribution in [0.4, 0.5) is 23.4 Å². The second kappa shape index (κ2) is 11.1. The predicted octanol–water partition coefficient (Wildman–Crippen LogP) is 3.63. The molecular formula is C24H19F4N9O2. The summed E-state index contributed by atoms with van der Waals surface area (Å²) in [6.07, 6.45) is 3.96. The quantitative estimate of drug-likeness (QED) is 0.360. The summed E-state index contributed by atoms with van der Waals surface area (Å²) in [4.78, 5) is 26.8. The highest BCUT2D eigenvalue weighted by atomic mass is 19.4. The Kier molecular flexibility index (Phi) is 7.71. The van der Waals surface area contributed by atoms with Crippen LogP contribution < -0.4 is 4.90 Å². The van der Waals surface area contributed by atoms with Crippen molar-refractivity contribution in [1.82, 2.24) is 29.7 Å². The Morgan fingerprint density at radius 2 is 2.00 bits per heavy atom. The van der Waals surface area contributed by atoms with Crippen LogP contribution in [0, 0.1) is 28.6 Å². The smallest absolute Gasteiger partial charge is 0.475 e. The van der Waals surface area contributed by atoms with Gasteiger partial charge >= 0.3 is 12.1 Å². The van der Waals surface area contributed by atoms with E-state index in [1.54, 1.807) is 17.1 Å². The van der Waals surface area contributed by atoms with Crippen LogP contribution in [0.2, 0.25) is 0 Å². The van der Waals surface area contributed by atoms with Gasteiger partial charge in [-0.25, -0.2) is 24.1 Å². The highest BCUT2D eigenvalue weighted by Crippen LogP contribution is 2.33. The fraction of sp³-hybridized carbons (Fsp3) is 0.292. The van der Waals surface area contributed by atoms with Crippen LogP contribution in [0.1, 0.15) is 23.6 Å². The Bertz CT molecular complexity index is 1570. The number of rotatable bonds is 5. The standard InChI is InChI=1S/C22H18FN9.C2HF3O2/c23-7-19(15-3-6-31(11-15)22-18(9-25)14(8-24)1-4-27-22)32-12-16(10-30-32)20-17-2-5-26-21(17)29-13-28-20;3-2(4,5)1(6)7/h1-2,4-5,10,12-13,15,19H,3,6-7,11H2,(H,26,28,29);(H,6,7). The highest BCUT2D eigenvalue weighted by molar-refractivity contribution is 5.90. The van der Waals surface area contributed by atoms with Crippen molar-refractivity contribution in [1.29, 1.82) is 10.5 Å². The van der Waals surface area contributed by atoms with Gasteiger partial charge in [0.1, 0.15) is 42.2 Å². The minimum absolute atomic E-state index is 0.0236. The van der Waals surface area contributed by atoms with Crippen LogP contribution in [0.3, 0.4) is 0 Å². The summed E-state index contributed by atoms with van der Waals surface area (Å²) in [7, 11) is 0. The molecule has 2 atom stereocenters. The number of nitriles is 2. The van der Waals surface area contributed by atoms with E-state index in [2.05, 4.69) is 31.1 Å². The molecule has 0 bridgehead atoms. The zero-order chi connectivity index (χ0) is 28.2. The number of H-pyrrole nitrogens is 1. The maximum absolute atomic E-state index is 14.2. The van der Waals surface area contributed by atoms with Crippen molar-refractivity contribution in [3.05, 3.63) is 54.4 Å². The fourth-order valence-corrected chi connectivity index (χ4v) is 4.34. The Labute approximate surface area is 218 Å². The molecule has 0 aliphatic carbocycles. The lowest BCUT2D eigenvalue weighted by Gasteiger charge is -2.23. The number of halogens is 4. The number of aromatic nitrogens is 6. The number of nitrogens with one attached hydrogen (secondary N) is 1.